The van der Waals surface area contributed by atoms with Gasteiger partial charge in [0.15, 0.2) is 0 Å². The number of hydrogen-bond acceptors (Lipinski definition) is 3. The van der Waals surface area contributed by atoms with E-state index in [-0.39, 0.29) is 29.2 Å². The van der Waals surface area contributed by atoms with Crippen LogP contribution in [-0.2, 0) is 20.7 Å². The summed E-state index contributed by atoms with van der Waals surface area (Å²) in [5.74, 6) is -1.48. The summed E-state index contributed by atoms with van der Waals surface area (Å²) in [6.45, 7) is 5.90. The Kier molecular flexibility index (Phi) is 3.24. The third kappa shape index (κ3) is 2.45. The van der Waals surface area contributed by atoms with Crippen molar-refractivity contribution in [2.75, 3.05) is 0 Å². The number of esters is 2. The minimum absolute atomic E-state index is 0.261. The molecule has 0 spiro atoms. The maximum absolute atomic E-state index is 11.8. The minimum Gasteiger partial charge on any atom is -0.393 e. The normalized spacial score (nSPS) is 24.2. The Labute approximate surface area is 107 Å². The van der Waals surface area contributed by atoms with Crippen LogP contribution in [0.1, 0.15) is 26.3 Å². The van der Waals surface area contributed by atoms with Crippen LogP contribution in [0.4, 0.5) is 0 Å². The molecule has 3 heteroatoms. The number of rotatable bonds is 2. The first kappa shape index (κ1) is 12.8. The van der Waals surface area contributed by atoms with Crippen LogP contribution >= 0.6 is 0 Å². The van der Waals surface area contributed by atoms with E-state index in [1.165, 1.54) is 0 Å². The van der Waals surface area contributed by atoms with Gasteiger partial charge in [-0.1, -0.05) is 51.1 Å². The van der Waals surface area contributed by atoms with Crippen LogP contribution < -0.4 is 0 Å². The largest absolute Gasteiger partial charge is 0.393 e. The van der Waals surface area contributed by atoms with E-state index >= 15 is 0 Å². The van der Waals surface area contributed by atoms with Crippen molar-refractivity contribution in [1.29, 1.82) is 0 Å². The highest BCUT2D eigenvalue weighted by atomic mass is 16.6. The second-order valence-electron chi connectivity index (χ2n) is 5.88. The monoisotopic (exact) mass is 246 g/mol. The fourth-order valence-corrected chi connectivity index (χ4v) is 2.56. The molecule has 1 heterocycles. The predicted molar refractivity (Wildman–Crippen MR) is 67.7 cm³/mol. The zero-order chi connectivity index (χ0) is 13.3. The third-order valence-corrected chi connectivity index (χ3v) is 3.39. The summed E-state index contributed by atoms with van der Waals surface area (Å²) in [5, 5.41) is 0. The Bertz CT molecular complexity index is 456. The van der Waals surface area contributed by atoms with Crippen molar-refractivity contribution < 1.29 is 14.3 Å². The van der Waals surface area contributed by atoms with E-state index in [2.05, 4.69) is 0 Å². The van der Waals surface area contributed by atoms with Gasteiger partial charge < -0.3 is 4.74 Å². The standard InChI is InChI=1S/C15H18O3/c1-15(2,3)12-11(13(16)18-14(12)17)9-10-7-5-4-6-8-10/h4-8,11-12H,9H2,1-3H3. The van der Waals surface area contributed by atoms with Gasteiger partial charge in [0.1, 0.15) is 0 Å². The summed E-state index contributed by atoms with van der Waals surface area (Å²) in [5.41, 5.74) is 0.797. The first-order chi connectivity index (χ1) is 8.39. The van der Waals surface area contributed by atoms with Crippen LogP contribution in [0.5, 0.6) is 0 Å². The zero-order valence-corrected chi connectivity index (χ0v) is 11.0. The van der Waals surface area contributed by atoms with Gasteiger partial charge in [0.2, 0.25) is 0 Å². The second kappa shape index (κ2) is 4.56. The summed E-state index contributed by atoms with van der Waals surface area (Å²) in [4.78, 5) is 23.6. The van der Waals surface area contributed by atoms with Crippen LogP contribution in [-0.4, -0.2) is 11.9 Å². The highest BCUT2D eigenvalue weighted by molar-refractivity contribution is 5.97. The maximum Gasteiger partial charge on any atom is 0.318 e. The molecule has 1 aromatic rings. The van der Waals surface area contributed by atoms with E-state index in [0.717, 1.165) is 5.56 Å². The van der Waals surface area contributed by atoms with E-state index in [9.17, 15) is 9.59 Å². The number of ether oxygens (including phenoxy) is 1. The van der Waals surface area contributed by atoms with Gasteiger partial charge in [0, 0.05) is 0 Å². The van der Waals surface area contributed by atoms with Crippen LogP contribution in [0.2, 0.25) is 0 Å². The molecule has 0 bridgehead atoms. The van der Waals surface area contributed by atoms with Crippen LogP contribution in [0.25, 0.3) is 0 Å². The number of carbonyl (C=O) groups excluding carboxylic acids is 2. The highest BCUT2D eigenvalue weighted by Crippen LogP contribution is 2.39. The fraction of sp³-hybridized carbons (Fsp3) is 0.467. The van der Waals surface area contributed by atoms with E-state index in [0.29, 0.717) is 6.42 Å². The third-order valence-electron chi connectivity index (χ3n) is 3.39. The minimum atomic E-state index is -0.385. The molecule has 1 saturated heterocycles. The molecule has 1 aliphatic heterocycles. The molecule has 1 aromatic carbocycles. The van der Waals surface area contributed by atoms with E-state index in [1.807, 2.05) is 51.1 Å². The van der Waals surface area contributed by atoms with Crippen molar-refractivity contribution in [3.05, 3.63) is 35.9 Å². The molecule has 1 fully saturated rings. The second-order valence-corrected chi connectivity index (χ2v) is 5.88. The summed E-state index contributed by atoms with van der Waals surface area (Å²) >= 11 is 0. The molecule has 3 nitrogen and oxygen atoms in total. The molecule has 2 atom stereocenters. The number of carbonyl (C=O) groups is 2. The van der Waals surface area contributed by atoms with E-state index in [4.69, 9.17) is 4.74 Å². The van der Waals surface area contributed by atoms with Crippen molar-refractivity contribution >= 4 is 11.9 Å². The molecule has 96 valence electrons. The van der Waals surface area contributed by atoms with Crippen molar-refractivity contribution in [2.45, 2.75) is 27.2 Å². The Balaban J connectivity index is 2.24. The van der Waals surface area contributed by atoms with E-state index < -0.39 is 0 Å². The molecule has 0 saturated carbocycles. The Morgan fingerprint density at radius 2 is 1.67 bits per heavy atom. The molecule has 0 radical (unpaired) electrons. The SMILES string of the molecule is CC(C)(C)C1C(=O)OC(=O)C1Cc1ccccc1. The van der Waals surface area contributed by atoms with Gasteiger partial charge in [-0.05, 0) is 17.4 Å². The fourth-order valence-electron chi connectivity index (χ4n) is 2.56. The summed E-state index contributed by atoms with van der Waals surface area (Å²) in [6.07, 6.45) is 0.563. The molecule has 0 aliphatic carbocycles. The summed E-state index contributed by atoms with van der Waals surface area (Å²) < 4.78 is 4.81. The van der Waals surface area contributed by atoms with Crippen molar-refractivity contribution in [3.63, 3.8) is 0 Å². The first-order valence-corrected chi connectivity index (χ1v) is 6.19. The number of cyclic esters (lactones) is 2. The molecule has 0 amide bonds. The summed E-state index contributed by atoms with van der Waals surface area (Å²) in [6, 6.07) is 9.74. The topological polar surface area (TPSA) is 43.4 Å². The zero-order valence-electron chi connectivity index (χ0n) is 11.0. The van der Waals surface area contributed by atoms with Crippen LogP contribution in [0, 0.1) is 17.3 Å². The lowest BCUT2D eigenvalue weighted by Crippen LogP contribution is -2.32. The average molecular weight is 246 g/mol. The van der Waals surface area contributed by atoms with Gasteiger partial charge in [0.25, 0.3) is 0 Å². The van der Waals surface area contributed by atoms with Gasteiger partial charge in [-0.25, -0.2) is 0 Å². The number of benzene rings is 1. The lowest BCUT2D eigenvalue weighted by molar-refractivity contribution is -0.154. The Morgan fingerprint density at radius 1 is 1.06 bits per heavy atom. The Hall–Kier alpha value is -1.64. The smallest absolute Gasteiger partial charge is 0.318 e. The van der Waals surface area contributed by atoms with Gasteiger partial charge in [-0.3, -0.25) is 9.59 Å². The molecular formula is C15H18O3. The lowest BCUT2D eigenvalue weighted by atomic mass is 9.72. The van der Waals surface area contributed by atoms with Gasteiger partial charge in [0.05, 0.1) is 11.8 Å². The molecule has 1 aliphatic rings. The van der Waals surface area contributed by atoms with Crippen molar-refractivity contribution in [2.24, 2.45) is 17.3 Å². The molecule has 2 unspecified atom stereocenters. The van der Waals surface area contributed by atoms with Gasteiger partial charge >= 0.3 is 11.9 Å². The van der Waals surface area contributed by atoms with Crippen LogP contribution in [0.15, 0.2) is 30.3 Å². The van der Waals surface area contributed by atoms with Gasteiger partial charge in [-0.15, -0.1) is 0 Å². The first-order valence-electron chi connectivity index (χ1n) is 6.19. The average Bonchev–Trinajstić information content (AvgIpc) is 2.54. The Morgan fingerprint density at radius 3 is 2.22 bits per heavy atom. The van der Waals surface area contributed by atoms with Crippen molar-refractivity contribution in [1.82, 2.24) is 0 Å². The maximum atomic E-state index is 11.8. The highest BCUT2D eigenvalue weighted by Gasteiger charge is 2.49. The van der Waals surface area contributed by atoms with E-state index in [1.54, 1.807) is 0 Å². The molecule has 18 heavy (non-hydrogen) atoms. The molecule has 0 aromatic heterocycles. The lowest BCUT2D eigenvalue weighted by Gasteiger charge is -2.27. The quantitative estimate of drug-likeness (QED) is 0.595. The molecule has 2 rings (SSSR count). The van der Waals surface area contributed by atoms with Gasteiger partial charge in [-0.2, -0.15) is 0 Å². The summed E-state index contributed by atoms with van der Waals surface area (Å²) in [7, 11) is 0. The van der Waals surface area contributed by atoms with Crippen LogP contribution in [0.3, 0.4) is 0 Å². The van der Waals surface area contributed by atoms with Crippen molar-refractivity contribution in [3.8, 4) is 0 Å². The predicted octanol–water partition coefficient (Wildman–Crippen LogP) is 2.59. The number of hydrogen-bond donors (Lipinski definition) is 0. The molecular weight excluding hydrogens is 228 g/mol. The molecule has 0 N–H and O–H groups in total.